The van der Waals surface area contributed by atoms with E-state index in [1.807, 2.05) is 0 Å². The molecule has 0 aliphatic rings. The standard InChI is InChI=1S/C13H13BrF6O/c1-3-21-9-5-4-7(2)6-8(9)10(14)11(12(15,16)17)13(18,19)20/h4-6,10-11H,3H2,1-2H3. The van der Waals surface area contributed by atoms with E-state index in [9.17, 15) is 26.3 Å². The second-order valence-electron chi connectivity index (χ2n) is 4.44. The molecule has 8 heteroatoms. The zero-order valence-electron chi connectivity index (χ0n) is 11.1. The average Bonchev–Trinajstić information content (AvgIpc) is 2.27. The van der Waals surface area contributed by atoms with Crippen LogP contribution in [0.5, 0.6) is 5.75 Å². The zero-order valence-corrected chi connectivity index (χ0v) is 12.7. The molecular weight excluding hydrogens is 366 g/mol. The van der Waals surface area contributed by atoms with Gasteiger partial charge in [-0.25, -0.2) is 0 Å². The summed E-state index contributed by atoms with van der Waals surface area (Å²) in [5.41, 5.74) is 0.373. The van der Waals surface area contributed by atoms with Crippen molar-refractivity contribution in [2.45, 2.75) is 31.0 Å². The Morgan fingerprint density at radius 3 is 2.05 bits per heavy atom. The molecule has 1 aromatic rings. The number of rotatable bonds is 4. The van der Waals surface area contributed by atoms with Crippen molar-refractivity contribution >= 4 is 15.9 Å². The van der Waals surface area contributed by atoms with Crippen LogP contribution < -0.4 is 4.74 Å². The molecule has 0 aliphatic carbocycles. The van der Waals surface area contributed by atoms with Gasteiger partial charge in [0, 0.05) is 5.56 Å². The van der Waals surface area contributed by atoms with Gasteiger partial charge in [0.15, 0.2) is 5.92 Å². The van der Waals surface area contributed by atoms with Gasteiger partial charge in [0.05, 0.1) is 11.4 Å². The van der Waals surface area contributed by atoms with Crippen molar-refractivity contribution in [3.63, 3.8) is 0 Å². The molecule has 1 aromatic carbocycles. The van der Waals surface area contributed by atoms with E-state index in [4.69, 9.17) is 4.74 Å². The highest BCUT2D eigenvalue weighted by atomic mass is 79.9. The summed E-state index contributed by atoms with van der Waals surface area (Å²) in [6.45, 7) is 3.31. The third-order valence-electron chi connectivity index (χ3n) is 2.76. The number of hydrogen-bond donors (Lipinski definition) is 0. The highest BCUT2D eigenvalue weighted by Crippen LogP contribution is 2.51. The van der Waals surface area contributed by atoms with Gasteiger partial charge < -0.3 is 4.74 Å². The fraction of sp³-hybridized carbons (Fsp3) is 0.538. The highest BCUT2D eigenvalue weighted by Gasteiger charge is 2.60. The summed E-state index contributed by atoms with van der Waals surface area (Å²) in [4.78, 5) is -1.97. The van der Waals surface area contributed by atoms with E-state index >= 15 is 0 Å². The molecule has 120 valence electrons. The lowest BCUT2D eigenvalue weighted by Gasteiger charge is -2.28. The van der Waals surface area contributed by atoms with Crippen molar-refractivity contribution in [3.8, 4) is 5.75 Å². The molecule has 0 fully saturated rings. The van der Waals surface area contributed by atoms with Crippen molar-refractivity contribution < 1.29 is 31.1 Å². The van der Waals surface area contributed by atoms with Gasteiger partial charge in [-0.05, 0) is 19.9 Å². The molecule has 0 aliphatic heterocycles. The summed E-state index contributed by atoms with van der Waals surface area (Å²) in [5.74, 6) is -3.51. The largest absolute Gasteiger partial charge is 0.494 e. The maximum absolute atomic E-state index is 12.8. The first-order chi connectivity index (χ1) is 9.48. The fourth-order valence-corrected chi connectivity index (χ4v) is 2.82. The average molecular weight is 379 g/mol. The smallest absolute Gasteiger partial charge is 0.401 e. The van der Waals surface area contributed by atoms with E-state index in [-0.39, 0.29) is 17.9 Å². The van der Waals surface area contributed by atoms with Crippen molar-refractivity contribution in [1.82, 2.24) is 0 Å². The Morgan fingerprint density at radius 2 is 1.62 bits per heavy atom. The summed E-state index contributed by atoms with van der Waals surface area (Å²) in [6.07, 6.45) is -10.8. The maximum atomic E-state index is 12.8. The third-order valence-corrected chi connectivity index (χ3v) is 3.78. The molecule has 0 spiro atoms. The summed E-state index contributed by atoms with van der Waals surface area (Å²) in [7, 11) is 0. The number of aryl methyl sites for hydroxylation is 1. The summed E-state index contributed by atoms with van der Waals surface area (Å²) in [5, 5.41) is 0. The maximum Gasteiger partial charge on any atom is 0.401 e. The van der Waals surface area contributed by atoms with Gasteiger partial charge in [-0.3, -0.25) is 0 Å². The normalized spacial score (nSPS) is 14.4. The van der Waals surface area contributed by atoms with Crippen molar-refractivity contribution in [2.75, 3.05) is 6.61 Å². The topological polar surface area (TPSA) is 9.23 Å². The fourth-order valence-electron chi connectivity index (χ4n) is 1.87. The van der Waals surface area contributed by atoms with E-state index in [2.05, 4.69) is 15.9 Å². The molecule has 0 bridgehead atoms. The predicted octanol–water partition coefficient (Wildman–Crippen LogP) is 5.57. The molecule has 0 aromatic heterocycles. The van der Waals surface area contributed by atoms with Crippen LogP contribution >= 0.6 is 15.9 Å². The van der Waals surface area contributed by atoms with Gasteiger partial charge in [-0.1, -0.05) is 33.6 Å². The van der Waals surface area contributed by atoms with Gasteiger partial charge in [0.2, 0.25) is 0 Å². The number of alkyl halides is 7. The van der Waals surface area contributed by atoms with Crippen LogP contribution in [0.25, 0.3) is 0 Å². The molecule has 0 N–H and O–H groups in total. The SMILES string of the molecule is CCOc1ccc(C)cc1C(Br)C(C(F)(F)F)C(F)(F)F. The molecule has 0 saturated carbocycles. The lowest BCUT2D eigenvalue weighted by atomic mass is 9.96. The van der Waals surface area contributed by atoms with Gasteiger partial charge in [0.25, 0.3) is 0 Å². The minimum Gasteiger partial charge on any atom is -0.494 e. The first-order valence-corrected chi connectivity index (χ1v) is 6.91. The Hall–Kier alpha value is -0.920. The Balaban J connectivity index is 3.33. The van der Waals surface area contributed by atoms with E-state index in [1.165, 1.54) is 12.1 Å². The van der Waals surface area contributed by atoms with E-state index in [0.717, 1.165) is 0 Å². The second-order valence-corrected chi connectivity index (χ2v) is 5.42. The molecule has 0 radical (unpaired) electrons. The zero-order chi connectivity index (χ0) is 16.4. The molecule has 1 rings (SSSR count). The van der Waals surface area contributed by atoms with Crippen molar-refractivity contribution in [1.29, 1.82) is 0 Å². The Kier molecular flexibility index (Phi) is 5.57. The molecule has 0 saturated heterocycles. The van der Waals surface area contributed by atoms with E-state index in [1.54, 1.807) is 19.9 Å². The molecule has 1 nitrogen and oxygen atoms in total. The van der Waals surface area contributed by atoms with Gasteiger partial charge >= 0.3 is 12.4 Å². The summed E-state index contributed by atoms with van der Waals surface area (Å²) >= 11 is 2.56. The molecular formula is C13H13BrF6O. The van der Waals surface area contributed by atoms with Crippen LogP contribution in [0.4, 0.5) is 26.3 Å². The van der Waals surface area contributed by atoms with Crippen LogP contribution in [-0.2, 0) is 0 Å². The van der Waals surface area contributed by atoms with Crippen LogP contribution in [0.3, 0.4) is 0 Å². The van der Waals surface area contributed by atoms with E-state index in [0.29, 0.717) is 5.56 Å². The van der Waals surface area contributed by atoms with Crippen molar-refractivity contribution in [3.05, 3.63) is 29.3 Å². The van der Waals surface area contributed by atoms with Crippen LogP contribution in [0.15, 0.2) is 18.2 Å². The third kappa shape index (κ3) is 4.52. The van der Waals surface area contributed by atoms with Crippen LogP contribution in [0.2, 0.25) is 0 Å². The number of halogens is 7. The van der Waals surface area contributed by atoms with Crippen molar-refractivity contribution in [2.24, 2.45) is 5.92 Å². The van der Waals surface area contributed by atoms with Crippen LogP contribution in [0, 0.1) is 12.8 Å². The predicted molar refractivity (Wildman–Crippen MR) is 69.6 cm³/mol. The first-order valence-electron chi connectivity index (χ1n) is 5.99. The van der Waals surface area contributed by atoms with Crippen LogP contribution in [-0.4, -0.2) is 19.0 Å². The molecule has 1 atom stereocenters. The Morgan fingerprint density at radius 1 is 1.10 bits per heavy atom. The Labute approximate surface area is 126 Å². The second kappa shape index (κ2) is 6.46. The summed E-state index contributed by atoms with van der Waals surface area (Å²) < 4.78 is 81.8. The summed E-state index contributed by atoms with van der Waals surface area (Å²) in [6, 6.07) is 4.19. The lowest BCUT2D eigenvalue weighted by molar-refractivity contribution is -0.283. The minimum absolute atomic E-state index is 0.00322. The lowest BCUT2D eigenvalue weighted by Crippen LogP contribution is -2.39. The van der Waals surface area contributed by atoms with Crippen LogP contribution in [0.1, 0.15) is 22.9 Å². The quantitative estimate of drug-likeness (QED) is 0.491. The van der Waals surface area contributed by atoms with Gasteiger partial charge in [-0.2, -0.15) is 26.3 Å². The minimum atomic E-state index is -5.42. The number of benzene rings is 1. The van der Waals surface area contributed by atoms with Gasteiger partial charge in [-0.15, -0.1) is 0 Å². The number of hydrogen-bond acceptors (Lipinski definition) is 1. The molecule has 21 heavy (non-hydrogen) atoms. The highest BCUT2D eigenvalue weighted by molar-refractivity contribution is 9.09. The van der Waals surface area contributed by atoms with E-state index < -0.39 is 23.1 Å². The molecule has 1 unspecified atom stereocenters. The van der Waals surface area contributed by atoms with Gasteiger partial charge in [0.1, 0.15) is 5.75 Å². The molecule has 0 amide bonds. The Bertz CT molecular complexity index is 469. The monoisotopic (exact) mass is 378 g/mol. The molecule has 0 heterocycles. The number of ether oxygens (including phenoxy) is 1. The first kappa shape index (κ1) is 18.1.